The fourth-order valence-electron chi connectivity index (χ4n) is 2.88. The number of sulfone groups is 1. The lowest BCUT2D eigenvalue weighted by atomic mass is 10.1. The van der Waals surface area contributed by atoms with Gasteiger partial charge in [0, 0.05) is 31.2 Å². The second-order valence-corrected chi connectivity index (χ2v) is 9.44. The van der Waals surface area contributed by atoms with Crippen LogP contribution in [0.3, 0.4) is 0 Å². The third kappa shape index (κ3) is 4.86. The molecule has 1 saturated carbocycles. The molecule has 2 aliphatic rings. The van der Waals surface area contributed by atoms with Gasteiger partial charge < -0.3 is 10.2 Å². The van der Waals surface area contributed by atoms with E-state index in [1.54, 1.807) is 0 Å². The SMILES string of the molecule is CN(Cc1ccccc1Cl)C(=NCC1CCS(=O)(=O)C1)NC1CC1. The molecular formula is C17H24ClN3O2S. The van der Waals surface area contributed by atoms with Crippen LogP contribution in [0.4, 0.5) is 0 Å². The summed E-state index contributed by atoms with van der Waals surface area (Å²) in [5.41, 5.74) is 1.05. The first-order valence-corrected chi connectivity index (χ1v) is 10.6. The quantitative estimate of drug-likeness (QED) is 0.639. The van der Waals surface area contributed by atoms with Gasteiger partial charge >= 0.3 is 0 Å². The average molecular weight is 370 g/mol. The monoisotopic (exact) mass is 369 g/mol. The molecule has 1 saturated heterocycles. The van der Waals surface area contributed by atoms with Gasteiger partial charge in [-0.25, -0.2) is 8.42 Å². The summed E-state index contributed by atoms with van der Waals surface area (Å²) in [6.07, 6.45) is 3.05. The largest absolute Gasteiger partial charge is 0.354 e. The maximum atomic E-state index is 11.6. The van der Waals surface area contributed by atoms with Crippen molar-refractivity contribution in [2.75, 3.05) is 25.1 Å². The summed E-state index contributed by atoms with van der Waals surface area (Å²) in [7, 11) is -0.860. The number of halogens is 1. The summed E-state index contributed by atoms with van der Waals surface area (Å²) >= 11 is 6.25. The van der Waals surface area contributed by atoms with E-state index in [0.717, 1.165) is 35.8 Å². The molecule has 1 aliphatic heterocycles. The highest BCUT2D eigenvalue weighted by molar-refractivity contribution is 7.91. The molecule has 1 aliphatic carbocycles. The molecule has 0 amide bonds. The molecule has 1 aromatic carbocycles. The third-order valence-corrected chi connectivity index (χ3v) is 6.67. The van der Waals surface area contributed by atoms with Crippen molar-refractivity contribution in [3.05, 3.63) is 34.9 Å². The van der Waals surface area contributed by atoms with Crippen LogP contribution < -0.4 is 5.32 Å². The van der Waals surface area contributed by atoms with E-state index >= 15 is 0 Å². The standard InChI is InChI=1S/C17H24ClN3O2S/c1-21(11-14-4-2-3-5-16(14)18)17(20-15-6-7-15)19-10-13-8-9-24(22,23)12-13/h2-5,13,15H,6-12H2,1H3,(H,19,20). The van der Waals surface area contributed by atoms with E-state index in [9.17, 15) is 8.42 Å². The maximum absolute atomic E-state index is 11.6. The van der Waals surface area contributed by atoms with Gasteiger partial charge in [-0.05, 0) is 36.8 Å². The summed E-state index contributed by atoms with van der Waals surface area (Å²) in [6, 6.07) is 8.29. The van der Waals surface area contributed by atoms with E-state index in [1.165, 1.54) is 0 Å². The first kappa shape index (κ1) is 17.5. The van der Waals surface area contributed by atoms with E-state index in [1.807, 2.05) is 31.3 Å². The lowest BCUT2D eigenvalue weighted by Gasteiger charge is -2.23. The molecule has 0 bridgehead atoms. The van der Waals surface area contributed by atoms with Crippen molar-refractivity contribution in [3.8, 4) is 0 Å². The molecule has 2 fully saturated rings. The maximum Gasteiger partial charge on any atom is 0.194 e. The van der Waals surface area contributed by atoms with Gasteiger partial charge in [0.05, 0.1) is 11.5 Å². The zero-order chi connectivity index (χ0) is 17.2. The lowest BCUT2D eigenvalue weighted by Crippen LogP contribution is -2.40. The zero-order valence-corrected chi connectivity index (χ0v) is 15.5. The van der Waals surface area contributed by atoms with Crippen molar-refractivity contribution in [2.24, 2.45) is 10.9 Å². The molecule has 132 valence electrons. The van der Waals surface area contributed by atoms with Crippen molar-refractivity contribution in [1.82, 2.24) is 10.2 Å². The minimum absolute atomic E-state index is 0.139. The Hall–Kier alpha value is -1.27. The van der Waals surface area contributed by atoms with E-state index < -0.39 is 9.84 Å². The van der Waals surface area contributed by atoms with Gasteiger partial charge in [-0.2, -0.15) is 0 Å². The number of nitrogens with one attached hydrogen (secondary N) is 1. The summed E-state index contributed by atoms with van der Waals surface area (Å²) < 4.78 is 23.2. The van der Waals surface area contributed by atoms with E-state index in [2.05, 4.69) is 10.2 Å². The predicted octanol–water partition coefficient (Wildman–Crippen LogP) is 2.31. The number of aliphatic imine (C=N–C) groups is 1. The van der Waals surface area contributed by atoms with Gasteiger partial charge in [0.2, 0.25) is 0 Å². The molecule has 0 aromatic heterocycles. The predicted molar refractivity (Wildman–Crippen MR) is 98.1 cm³/mol. The normalized spacial score (nSPS) is 23.2. The first-order chi connectivity index (χ1) is 11.4. The van der Waals surface area contributed by atoms with Crippen LogP contribution >= 0.6 is 11.6 Å². The Bertz CT molecular complexity index is 716. The summed E-state index contributed by atoms with van der Waals surface area (Å²) in [6.45, 7) is 1.22. The molecule has 0 radical (unpaired) electrons. The highest BCUT2D eigenvalue weighted by atomic mass is 35.5. The molecule has 7 heteroatoms. The summed E-state index contributed by atoms with van der Waals surface area (Å²) in [5, 5.41) is 4.21. The zero-order valence-electron chi connectivity index (χ0n) is 13.9. The Morgan fingerprint density at radius 1 is 1.33 bits per heavy atom. The van der Waals surface area contributed by atoms with Gasteiger partial charge in [0.25, 0.3) is 0 Å². The van der Waals surface area contributed by atoms with Crippen LogP contribution in [0.25, 0.3) is 0 Å². The smallest absolute Gasteiger partial charge is 0.194 e. The Kier molecular flexibility index (Phi) is 5.35. The number of guanidine groups is 1. The molecule has 1 heterocycles. The van der Waals surface area contributed by atoms with Crippen molar-refractivity contribution in [1.29, 1.82) is 0 Å². The van der Waals surface area contributed by atoms with Crippen molar-refractivity contribution < 1.29 is 8.42 Å². The molecule has 5 nitrogen and oxygen atoms in total. The van der Waals surface area contributed by atoms with Crippen LogP contribution in [0.5, 0.6) is 0 Å². The minimum Gasteiger partial charge on any atom is -0.354 e. The molecule has 1 aromatic rings. The summed E-state index contributed by atoms with van der Waals surface area (Å²) in [4.78, 5) is 6.76. The van der Waals surface area contributed by atoms with Crippen LogP contribution in [0.2, 0.25) is 5.02 Å². The molecule has 24 heavy (non-hydrogen) atoms. The highest BCUT2D eigenvalue weighted by Gasteiger charge is 2.28. The van der Waals surface area contributed by atoms with Crippen LogP contribution in [-0.2, 0) is 16.4 Å². The Morgan fingerprint density at radius 2 is 2.08 bits per heavy atom. The number of hydrogen-bond acceptors (Lipinski definition) is 3. The van der Waals surface area contributed by atoms with Crippen LogP contribution in [0.1, 0.15) is 24.8 Å². The molecule has 1 N–H and O–H groups in total. The summed E-state index contributed by atoms with van der Waals surface area (Å²) in [5.74, 6) is 1.54. The molecule has 0 spiro atoms. The fraction of sp³-hybridized carbons (Fsp3) is 0.588. The fourth-order valence-corrected chi connectivity index (χ4v) is 4.92. The van der Waals surface area contributed by atoms with E-state index in [4.69, 9.17) is 16.6 Å². The molecule has 3 rings (SSSR count). The van der Waals surface area contributed by atoms with Gasteiger partial charge in [-0.1, -0.05) is 29.8 Å². The minimum atomic E-state index is -2.85. The molecule has 1 atom stereocenters. The number of rotatable bonds is 5. The Morgan fingerprint density at radius 3 is 2.71 bits per heavy atom. The van der Waals surface area contributed by atoms with Gasteiger partial charge in [-0.3, -0.25) is 4.99 Å². The molecular weight excluding hydrogens is 346 g/mol. The Labute approximate surface area is 149 Å². The van der Waals surface area contributed by atoms with Crippen LogP contribution in [-0.4, -0.2) is 50.4 Å². The second kappa shape index (κ2) is 7.31. The number of benzene rings is 1. The Balaban J connectivity index is 1.66. The first-order valence-electron chi connectivity index (χ1n) is 8.39. The third-order valence-electron chi connectivity index (χ3n) is 4.46. The van der Waals surface area contributed by atoms with E-state index in [-0.39, 0.29) is 11.7 Å². The van der Waals surface area contributed by atoms with Gasteiger partial charge in [0.15, 0.2) is 15.8 Å². The number of hydrogen-bond donors (Lipinski definition) is 1. The van der Waals surface area contributed by atoms with Crippen molar-refractivity contribution >= 4 is 27.4 Å². The van der Waals surface area contributed by atoms with Crippen LogP contribution in [0.15, 0.2) is 29.3 Å². The highest BCUT2D eigenvalue weighted by Crippen LogP contribution is 2.22. The van der Waals surface area contributed by atoms with E-state index in [0.29, 0.717) is 24.9 Å². The van der Waals surface area contributed by atoms with Gasteiger partial charge in [-0.15, -0.1) is 0 Å². The topological polar surface area (TPSA) is 61.8 Å². The average Bonchev–Trinajstić information content (AvgIpc) is 3.28. The second-order valence-electron chi connectivity index (χ2n) is 6.80. The van der Waals surface area contributed by atoms with Crippen LogP contribution in [0, 0.1) is 5.92 Å². The lowest BCUT2D eigenvalue weighted by molar-refractivity contribution is 0.470. The number of nitrogens with zero attached hydrogens (tertiary/aromatic N) is 2. The van der Waals surface area contributed by atoms with Crippen molar-refractivity contribution in [2.45, 2.75) is 31.8 Å². The van der Waals surface area contributed by atoms with Crippen molar-refractivity contribution in [3.63, 3.8) is 0 Å². The van der Waals surface area contributed by atoms with Gasteiger partial charge in [0.1, 0.15) is 0 Å². The molecule has 1 unspecified atom stereocenters.